The number of nitrogens with one attached hydrogen (secondary N) is 1. The molecule has 2 amide bonds. The second kappa shape index (κ2) is 9.02. The molecule has 31 heavy (non-hydrogen) atoms. The average molecular weight is 436 g/mol. The van der Waals surface area contributed by atoms with Crippen molar-refractivity contribution in [2.45, 2.75) is 18.8 Å². The fourth-order valence-corrected chi connectivity index (χ4v) is 4.51. The van der Waals surface area contributed by atoms with Crippen molar-refractivity contribution in [3.8, 4) is 18.1 Å². The number of phenolic OH excluding ortho intramolecular Hbond substituents is 1. The van der Waals surface area contributed by atoms with Crippen molar-refractivity contribution >= 4 is 39.9 Å². The molecule has 1 saturated heterocycles. The number of amides is 2. The van der Waals surface area contributed by atoms with Gasteiger partial charge in [-0.05, 0) is 37.1 Å². The molecule has 1 fully saturated rings. The van der Waals surface area contributed by atoms with Crippen LogP contribution in [-0.4, -0.2) is 51.7 Å². The van der Waals surface area contributed by atoms with Gasteiger partial charge >= 0.3 is 6.09 Å². The molecule has 0 bridgehead atoms. The number of phenols is 1. The zero-order valence-electron chi connectivity index (χ0n) is 16.6. The Morgan fingerprint density at radius 3 is 2.90 bits per heavy atom. The molecule has 0 atom stereocenters. The van der Waals surface area contributed by atoms with Gasteiger partial charge in [0.05, 0.1) is 10.7 Å². The highest BCUT2D eigenvalue weighted by Gasteiger charge is 2.27. The first-order chi connectivity index (χ1) is 15.1. The third kappa shape index (κ3) is 4.44. The molecular formula is C22H20N4O4S. The highest BCUT2D eigenvalue weighted by atomic mass is 32.1. The molecule has 8 nitrogen and oxygen atoms in total. The normalized spacial score (nSPS) is 14.2. The average Bonchev–Trinajstić information content (AvgIpc) is 3.30. The number of hydrogen-bond donors (Lipinski definition) is 2. The Kier molecular flexibility index (Phi) is 6.00. The SMILES string of the molecule is C#CCOC(=O)N1CCC(c2nc(C(=O)Nc3ccc(O)c4ncccc34)cs2)CC1. The second-order valence-electron chi connectivity index (χ2n) is 7.08. The van der Waals surface area contributed by atoms with Crippen molar-refractivity contribution < 1.29 is 19.4 Å². The van der Waals surface area contributed by atoms with Crippen molar-refractivity contribution in [1.29, 1.82) is 0 Å². The van der Waals surface area contributed by atoms with E-state index in [4.69, 9.17) is 11.2 Å². The van der Waals surface area contributed by atoms with Gasteiger partial charge in [-0.2, -0.15) is 0 Å². The molecule has 0 radical (unpaired) electrons. The summed E-state index contributed by atoms with van der Waals surface area (Å²) in [6.45, 7) is 1.08. The molecule has 2 aromatic heterocycles. The van der Waals surface area contributed by atoms with E-state index < -0.39 is 6.09 Å². The highest BCUT2D eigenvalue weighted by Crippen LogP contribution is 2.32. The Labute approximate surface area is 182 Å². The van der Waals surface area contributed by atoms with E-state index in [9.17, 15) is 14.7 Å². The lowest BCUT2D eigenvalue weighted by atomic mass is 9.98. The molecule has 0 saturated carbocycles. The Morgan fingerprint density at radius 1 is 1.32 bits per heavy atom. The lowest BCUT2D eigenvalue weighted by Gasteiger charge is -2.30. The van der Waals surface area contributed by atoms with E-state index in [2.05, 4.69) is 21.2 Å². The van der Waals surface area contributed by atoms with Gasteiger partial charge in [0.2, 0.25) is 0 Å². The Balaban J connectivity index is 1.41. The van der Waals surface area contributed by atoms with E-state index in [1.165, 1.54) is 17.4 Å². The number of terminal acetylenes is 1. The third-order valence-electron chi connectivity index (χ3n) is 5.13. The molecule has 0 spiro atoms. The van der Waals surface area contributed by atoms with Crippen LogP contribution >= 0.6 is 11.3 Å². The molecule has 1 aromatic carbocycles. The van der Waals surface area contributed by atoms with Crippen LogP contribution in [0.15, 0.2) is 35.8 Å². The predicted molar refractivity (Wildman–Crippen MR) is 117 cm³/mol. The number of aromatic nitrogens is 2. The van der Waals surface area contributed by atoms with E-state index >= 15 is 0 Å². The maximum atomic E-state index is 12.7. The van der Waals surface area contributed by atoms with Crippen LogP contribution in [0.3, 0.4) is 0 Å². The maximum absolute atomic E-state index is 12.7. The number of thiazole rings is 1. The van der Waals surface area contributed by atoms with Crippen LogP contribution in [0.4, 0.5) is 10.5 Å². The Morgan fingerprint density at radius 2 is 2.13 bits per heavy atom. The van der Waals surface area contributed by atoms with Gasteiger partial charge < -0.3 is 20.1 Å². The zero-order chi connectivity index (χ0) is 21.8. The van der Waals surface area contributed by atoms with Crippen molar-refractivity contribution in [2.75, 3.05) is 25.0 Å². The zero-order valence-corrected chi connectivity index (χ0v) is 17.4. The van der Waals surface area contributed by atoms with Gasteiger partial charge in [0.15, 0.2) is 6.61 Å². The number of ether oxygens (including phenoxy) is 1. The van der Waals surface area contributed by atoms with Gasteiger partial charge in [-0.3, -0.25) is 9.78 Å². The number of nitrogens with zero attached hydrogens (tertiary/aromatic N) is 3. The van der Waals surface area contributed by atoms with Crippen LogP contribution in [0.5, 0.6) is 5.75 Å². The summed E-state index contributed by atoms with van der Waals surface area (Å²) in [5.74, 6) is 2.20. The Hall–Kier alpha value is -3.64. The summed E-state index contributed by atoms with van der Waals surface area (Å²) in [5, 5.41) is 16.1. The molecule has 9 heteroatoms. The number of fused-ring (bicyclic) bond motifs is 1. The smallest absolute Gasteiger partial charge is 0.410 e. The number of carbonyl (C=O) groups excluding carboxylic acids is 2. The second-order valence-corrected chi connectivity index (χ2v) is 7.97. The lowest BCUT2D eigenvalue weighted by molar-refractivity contribution is 0.102. The maximum Gasteiger partial charge on any atom is 0.410 e. The molecule has 1 aliphatic heterocycles. The van der Waals surface area contributed by atoms with Crippen LogP contribution in [0.25, 0.3) is 10.9 Å². The van der Waals surface area contributed by atoms with Gasteiger partial charge in [0.25, 0.3) is 5.91 Å². The topological polar surface area (TPSA) is 105 Å². The minimum atomic E-state index is -0.397. The predicted octanol–water partition coefficient (Wildman–Crippen LogP) is 3.60. The summed E-state index contributed by atoms with van der Waals surface area (Å²) in [7, 11) is 0. The van der Waals surface area contributed by atoms with Gasteiger partial charge in [0, 0.05) is 36.0 Å². The summed E-state index contributed by atoms with van der Waals surface area (Å²) in [4.78, 5) is 35.0. The number of pyridine rings is 1. The van der Waals surface area contributed by atoms with Crippen LogP contribution in [0, 0.1) is 12.3 Å². The van der Waals surface area contributed by atoms with E-state index in [1.54, 1.807) is 34.7 Å². The van der Waals surface area contributed by atoms with Crippen LogP contribution < -0.4 is 5.32 Å². The van der Waals surface area contributed by atoms with E-state index in [-0.39, 0.29) is 24.2 Å². The molecule has 4 rings (SSSR count). The minimum Gasteiger partial charge on any atom is -0.506 e. The molecule has 3 heterocycles. The first kappa shape index (κ1) is 20.6. The summed E-state index contributed by atoms with van der Waals surface area (Å²) in [6, 6.07) is 6.67. The molecule has 2 N–H and O–H groups in total. The molecule has 3 aromatic rings. The number of piperidine rings is 1. The standard InChI is InChI=1S/C22H20N4O4S/c1-2-12-30-22(29)26-10-7-14(8-11-26)21-25-17(13-31-21)20(28)24-16-5-6-18(27)19-15(16)4-3-9-23-19/h1,3-6,9,13-14,27H,7-8,10-12H2,(H,24,28). The van der Waals surface area contributed by atoms with Crippen molar-refractivity contribution in [2.24, 2.45) is 0 Å². The summed E-state index contributed by atoms with van der Waals surface area (Å²) < 4.78 is 4.97. The number of anilines is 1. The number of benzene rings is 1. The van der Waals surface area contributed by atoms with Crippen LogP contribution in [-0.2, 0) is 4.74 Å². The minimum absolute atomic E-state index is 0.0317. The molecule has 0 aliphatic carbocycles. The first-order valence-electron chi connectivity index (χ1n) is 9.75. The fourth-order valence-electron chi connectivity index (χ4n) is 3.54. The van der Waals surface area contributed by atoms with Crippen molar-refractivity contribution in [3.05, 3.63) is 46.5 Å². The first-order valence-corrected chi connectivity index (χ1v) is 10.6. The molecule has 158 valence electrons. The quantitative estimate of drug-likeness (QED) is 0.478. The molecule has 1 aliphatic rings. The lowest BCUT2D eigenvalue weighted by Crippen LogP contribution is -2.38. The van der Waals surface area contributed by atoms with E-state index in [1.807, 2.05) is 0 Å². The summed E-state index contributed by atoms with van der Waals surface area (Å²) in [6.07, 6.45) is 7.79. The summed E-state index contributed by atoms with van der Waals surface area (Å²) in [5.41, 5.74) is 1.31. The number of aromatic hydroxyl groups is 1. The Bertz CT molecular complexity index is 1160. The largest absolute Gasteiger partial charge is 0.506 e. The van der Waals surface area contributed by atoms with Gasteiger partial charge in [-0.25, -0.2) is 9.78 Å². The summed E-state index contributed by atoms with van der Waals surface area (Å²) >= 11 is 1.44. The van der Waals surface area contributed by atoms with Crippen molar-refractivity contribution in [3.63, 3.8) is 0 Å². The van der Waals surface area contributed by atoms with Crippen molar-refractivity contribution in [1.82, 2.24) is 14.9 Å². The third-order valence-corrected chi connectivity index (χ3v) is 6.14. The number of likely N-dealkylation sites (tertiary alicyclic amines) is 1. The van der Waals surface area contributed by atoms with Crippen LogP contribution in [0.1, 0.15) is 34.3 Å². The number of rotatable bonds is 4. The van der Waals surface area contributed by atoms with Gasteiger partial charge in [0.1, 0.15) is 17.0 Å². The monoisotopic (exact) mass is 436 g/mol. The highest BCUT2D eigenvalue weighted by molar-refractivity contribution is 7.10. The number of hydrogen-bond acceptors (Lipinski definition) is 7. The molecular weight excluding hydrogens is 416 g/mol. The van der Waals surface area contributed by atoms with Crippen LogP contribution in [0.2, 0.25) is 0 Å². The van der Waals surface area contributed by atoms with E-state index in [0.29, 0.717) is 35.4 Å². The number of carbonyl (C=O) groups is 2. The van der Waals surface area contributed by atoms with E-state index in [0.717, 1.165) is 17.8 Å². The fraction of sp³-hybridized carbons (Fsp3) is 0.273. The van der Waals surface area contributed by atoms with Gasteiger partial charge in [-0.15, -0.1) is 17.8 Å². The van der Waals surface area contributed by atoms with Gasteiger partial charge in [-0.1, -0.05) is 5.92 Å². The molecule has 0 unspecified atom stereocenters.